The minimum atomic E-state index is -0.387. The number of nitrogens with one attached hydrogen (secondary N) is 2. The van der Waals surface area contributed by atoms with E-state index in [2.05, 4.69) is 15.2 Å². The summed E-state index contributed by atoms with van der Waals surface area (Å²) in [5.74, 6) is -0.387. The first kappa shape index (κ1) is 27.0. The molecule has 0 radical (unpaired) electrons. The quantitative estimate of drug-likeness (QED) is 0.206. The molecule has 0 saturated carbocycles. The van der Waals surface area contributed by atoms with Crippen LogP contribution in [0.3, 0.4) is 0 Å². The van der Waals surface area contributed by atoms with Gasteiger partial charge >= 0.3 is 5.97 Å². The van der Waals surface area contributed by atoms with Crippen molar-refractivity contribution in [1.82, 2.24) is 9.88 Å². The van der Waals surface area contributed by atoms with E-state index in [0.717, 1.165) is 26.9 Å². The van der Waals surface area contributed by atoms with E-state index in [4.69, 9.17) is 4.74 Å². The SMILES string of the molecule is CCOC(=O)c1ccc(NC(=O)CSc2cn(CCNC(=O)c3ccc(C)c(C)c3)c3ccccc23)cc1. The van der Waals surface area contributed by atoms with Gasteiger partial charge in [0.25, 0.3) is 5.91 Å². The molecule has 0 fully saturated rings. The molecule has 1 heterocycles. The van der Waals surface area contributed by atoms with Gasteiger partial charge in [0.1, 0.15) is 0 Å². The van der Waals surface area contributed by atoms with Crippen LogP contribution in [-0.2, 0) is 16.1 Å². The topological polar surface area (TPSA) is 89.4 Å². The molecule has 0 atom stereocenters. The molecule has 7 nitrogen and oxygen atoms in total. The molecule has 4 aromatic rings. The van der Waals surface area contributed by atoms with E-state index in [1.165, 1.54) is 11.8 Å². The third kappa shape index (κ3) is 6.63. The monoisotopic (exact) mass is 529 g/mol. The van der Waals surface area contributed by atoms with Crippen molar-refractivity contribution >= 4 is 46.1 Å². The van der Waals surface area contributed by atoms with Crippen LogP contribution in [0.2, 0.25) is 0 Å². The number of para-hydroxylation sites is 1. The summed E-state index contributed by atoms with van der Waals surface area (Å²) in [6, 6.07) is 20.4. The second kappa shape index (κ2) is 12.5. The lowest BCUT2D eigenvalue weighted by Gasteiger charge is -2.09. The molecule has 2 amide bonds. The smallest absolute Gasteiger partial charge is 0.338 e. The van der Waals surface area contributed by atoms with Crippen LogP contribution in [0.5, 0.6) is 0 Å². The second-order valence-corrected chi connectivity index (χ2v) is 9.91. The molecule has 0 aliphatic carbocycles. The van der Waals surface area contributed by atoms with Gasteiger partial charge in [-0.1, -0.05) is 24.3 Å². The Labute approximate surface area is 226 Å². The number of aryl methyl sites for hydroxylation is 2. The average Bonchev–Trinajstić information content (AvgIpc) is 3.27. The normalized spacial score (nSPS) is 10.8. The van der Waals surface area contributed by atoms with Gasteiger partial charge in [-0.25, -0.2) is 4.79 Å². The predicted octanol–water partition coefficient (Wildman–Crippen LogP) is 5.60. The van der Waals surface area contributed by atoms with Gasteiger partial charge in [0, 0.05) is 46.3 Å². The third-order valence-corrected chi connectivity index (χ3v) is 7.24. The van der Waals surface area contributed by atoms with E-state index < -0.39 is 0 Å². The number of hydrogen-bond donors (Lipinski definition) is 2. The average molecular weight is 530 g/mol. The number of carbonyl (C=O) groups excluding carboxylic acids is 3. The molecule has 8 heteroatoms. The molecule has 0 saturated heterocycles. The summed E-state index contributed by atoms with van der Waals surface area (Å²) in [4.78, 5) is 38.0. The molecule has 196 valence electrons. The Balaban J connectivity index is 1.35. The first-order valence-electron chi connectivity index (χ1n) is 12.5. The number of carbonyl (C=O) groups is 3. The molecule has 0 aliphatic rings. The summed E-state index contributed by atoms with van der Waals surface area (Å²) in [6.45, 7) is 7.18. The van der Waals surface area contributed by atoms with Gasteiger partial charge in [-0.15, -0.1) is 11.8 Å². The van der Waals surface area contributed by atoms with Gasteiger partial charge < -0.3 is 19.9 Å². The summed E-state index contributed by atoms with van der Waals surface area (Å²) in [7, 11) is 0. The molecule has 0 bridgehead atoms. The number of nitrogens with zero attached hydrogens (tertiary/aromatic N) is 1. The van der Waals surface area contributed by atoms with Gasteiger partial charge in [-0.2, -0.15) is 0 Å². The summed E-state index contributed by atoms with van der Waals surface area (Å²) in [5.41, 5.74) is 5.01. The maximum Gasteiger partial charge on any atom is 0.338 e. The molecule has 0 aliphatic heterocycles. The summed E-state index contributed by atoms with van der Waals surface area (Å²) >= 11 is 1.46. The van der Waals surface area contributed by atoms with Gasteiger partial charge in [0.15, 0.2) is 0 Å². The highest BCUT2D eigenvalue weighted by atomic mass is 32.2. The Hall–Kier alpha value is -4.04. The van der Waals surface area contributed by atoms with E-state index >= 15 is 0 Å². The van der Waals surface area contributed by atoms with Crippen molar-refractivity contribution in [3.8, 4) is 0 Å². The standard InChI is InChI=1S/C30H31N3O4S/c1-4-37-30(36)22-11-13-24(14-12-22)32-28(34)19-38-27-18-33(26-8-6-5-7-25(26)27)16-15-31-29(35)23-10-9-20(2)21(3)17-23/h5-14,17-18H,4,15-16,19H2,1-3H3,(H,31,35)(H,32,34). The Morgan fingerprint density at radius 1 is 0.921 bits per heavy atom. The van der Waals surface area contributed by atoms with Gasteiger partial charge in [0.05, 0.1) is 17.9 Å². The van der Waals surface area contributed by atoms with Crippen LogP contribution in [0.4, 0.5) is 5.69 Å². The van der Waals surface area contributed by atoms with Crippen LogP contribution in [0.25, 0.3) is 10.9 Å². The Morgan fingerprint density at radius 3 is 2.39 bits per heavy atom. The van der Waals surface area contributed by atoms with Crippen molar-refractivity contribution < 1.29 is 19.1 Å². The van der Waals surface area contributed by atoms with E-state index in [0.29, 0.717) is 36.5 Å². The number of amides is 2. The van der Waals surface area contributed by atoms with E-state index in [1.807, 2.05) is 62.5 Å². The number of hydrogen-bond acceptors (Lipinski definition) is 5. The zero-order valence-corrected chi connectivity index (χ0v) is 22.6. The molecular formula is C30H31N3O4S. The number of aromatic nitrogens is 1. The Kier molecular flexibility index (Phi) is 8.86. The highest BCUT2D eigenvalue weighted by molar-refractivity contribution is 8.00. The van der Waals surface area contributed by atoms with E-state index in [1.54, 1.807) is 31.2 Å². The molecule has 3 aromatic carbocycles. The van der Waals surface area contributed by atoms with Crippen LogP contribution in [0.15, 0.2) is 77.8 Å². The minimum Gasteiger partial charge on any atom is -0.462 e. The highest BCUT2D eigenvalue weighted by Gasteiger charge is 2.13. The molecule has 2 N–H and O–H groups in total. The Bertz CT molecular complexity index is 1460. The van der Waals surface area contributed by atoms with Gasteiger partial charge in [-0.3, -0.25) is 9.59 Å². The number of thioether (sulfide) groups is 1. The minimum absolute atomic E-state index is 0.0916. The molecule has 38 heavy (non-hydrogen) atoms. The van der Waals surface area contributed by atoms with Crippen molar-refractivity contribution in [2.45, 2.75) is 32.2 Å². The number of fused-ring (bicyclic) bond motifs is 1. The maximum atomic E-state index is 12.6. The van der Waals surface area contributed by atoms with Crippen LogP contribution in [-0.4, -0.2) is 41.3 Å². The molecule has 0 unspecified atom stereocenters. The van der Waals surface area contributed by atoms with Crippen LogP contribution in [0.1, 0.15) is 38.8 Å². The molecule has 1 aromatic heterocycles. The highest BCUT2D eigenvalue weighted by Crippen LogP contribution is 2.30. The van der Waals surface area contributed by atoms with Crippen molar-refractivity contribution in [2.75, 3.05) is 24.2 Å². The van der Waals surface area contributed by atoms with Crippen molar-refractivity contribution in [1.29, 1.82) is 0 Å². The first-order chi connectivity index (χ1) is 18.4. The summed E-state index contributed by atoms with van der Waals surface area (Å²) in [5, 5.41) is 6.93. The fourth-order valence-electron chi connectivity index (χ4n) is 4.03. The fourth-order valence-corrected chi connectivity index (χ4v) is 4.92. The van der Waals surface area contributed by atoms with Crippen molar-refractivity contribution in [3.05, 3.63) is 95.2 Å². The Morgan fingerprint density at radius 2 is 1.66 bits per heavy atom. The lowest BCUT2D eigenvalue weighted by atomic mass is 10.1. The largest absolute Gasteiger partial charge is 0.462 e. The lowest BCUT2D eigenvalue weighted by molar-refractivity contribution is -0.113. The molecule has 4 rings (SSSR count). The molecular weight excluding hydrogens is 498 g/mol. The third-order valence-electron chi connectivity index (χ3n) is 6.20. The number of rotatable bonds is 10. The van der Waals surface area contributed by atoms with Gasteiger partial charge in [0.2, 0.25) is 5.91 Å². The van der Waals surface area contributed by atoms with Crippen LogP contribution < -0.4 is 10.6 Å². The van der Waals surface area contributed by atoms with E-state index in [9.17, 15) is 14.4 Å². The van der Waals surface area contributed by atoms with Gasteiger partial charge in [-0.05, 0) is 74.4 Å². The number of anilines is 1. The maximum absolute atomic E-state index is 12.6. The van der Waals surface area contributed by atoms with Crippen LogP contribution in [0, 0.1) is 13.8 Å². The van der Waals surface area contributed by atoms with Crippen molar-refractivity contribution in [3.63, 3.8) is 0 Å². The summed E-state index contributed by atoms with van der Waals surface area (Å²) < 4.78 is 7.09. The first-order valence-corrected chi connectivity index (χ1v) is 13.5. The second-order valence-electron chi connectivity index (χ2n) is 8.89. The van der Waals surface area contributed by atoms with Crippen molar-refractivity contribution in [2.24, 2.45) is 0 Å². The number of esters is 1. The number of ether oxygens (including phenoxy) is 1. The molecule has 0 spiro atoms. The summed E-state index contributed by atoms with van der Waals surface area (Å²) in [6.07, 6.45) is 2.03. The zero-order valence-electron chi connectivity index (χ0n) is 21.7. The van der Waals surface area contributed by atoms with E-state index in [-0.39, 0.29) is 23.5 Å². The lowest BCUT2D eigenvalue weighted by Crippen LogP contribution is -2.27. The predicted molar refractivity (Wildman–Crippen MR) is 152 cm³/mol. The zero-order chi connectivity index (χ0) is 27.1. The fraction of sp³-hybridized carbons (Fsp3) is 0.233. The number of benzene rings is 3. The van der Waals surface area contributed by atoms with Crippen LogP contribution >= 0.6 is 11.8 Å².